The maximum absolute atomic E-state index is 11.5. The van der Waals surface area contributed by atoms with E-state index in [4.69, 9.17) is 5.73 Å². The molecule has 0 saturated heterocycles. The number of hydrogen-bond donors (Lipinski definition) is 2. The largest absolute Gasteiger partial charge is 0.365 e. The number of primary amides is 1. The van der Waals surface area contributed by atoms with Gasteiger partial charge in [-0.25, -0.2) is 0 Å². The molecule has 0 aliphatic rings. The summed E-state index contributed by atoms with van der Waals surface area (Å²) in [5, 5.41) is 3.20. The molecule has 0 aliphatic heterocycles. The number of hydrogen-bond acceptors (Lipinski definition) is 4. The SMILES string of the molecule is Cc1ccc(S(=O)(=O)NN=CC(N)=O)cc1. The van der Waals surface area contributed by atoms with E-state index in [1.54, 1.807) is 12.1 Å². The molecule has 1 aromatic rings. The molecule has 0 radical (unpaired) electrons. The number of carbonyl (C=O) groups excluding carboxylic acids is 1. The Hall–Kier alpha value is -1.89. The minimum absolute atomic E-state index is 0.0692. The van der Waals surface area contributed by atoms with Gasteiger partial charge in [0.15, 0.2) is 0 Å². The zero-order valence-corrected chi connectivity index (χ0v) is 9.36. The molecule has 0 saturated carbocycles. The van der Waals surface area contributed by atoms with Crippen LogP contribution >= 0.6 is 0 Å². The Labute approximate surface area is 93.2 Å². The zero-order chi connectivity index (χ0) is 12.2. The Balaban J connectivity index is 2.86. The van der Waals surface area contributed by atoms with Crippen molar-refractivity contribution in [1.82, 2.24) is 4.83 Å². The van der Waals surface area contributed by atoms with Crippen molar-refractivity contribution in [2.75, 3.05) is 0 Å². The van der Waals surface area contributed by atoms with Crippen LogP contribution in [0, 0.1) is 6.92 Å². The first kappa shape index (κ1) is 12.2. The van der Waals surface area contributed by atoms with Crippen molar-refractivity contribution in [2.45, 2.75) is 11.8 Å². The molecular weight excluding hydrogens is 230 g/mol. The number of rotatable bonds is 4. The van der Waals surface area contributed by atoms with Crippen LogP contribution in [-0.4, -0.2) is 20.5 Å². The number of hydrazone groups is 1. The van der Waals surface area contributed by atoms with E-state index in [1.807, 2.05) is 11.8 Å². The van der Waals surface area contributed by atoms with Gasteiger partial charge in [0.1, 0.15) is 6.21 Å². The molecule has 1 amide bonds. The van der Waals surface area contributed by atoms with Gasteiger partial charge in [-0.15, -0.1) is 0 Å². The van der Waals surface area contributed by atoms with Gasteiger partial charge in [0.05, 0.1) is 4.90 Å². The Bertz CT molecular complexity index is 505. The highest BCUT2D eigenvalue weighted by Crippen LogP contribution is 2.09. The van der Waals surface area contributed by atoms with E-state index in [0.29, 0.717) is 6.21 Å². The number of sulfonamides is 1. The number of benzene rings is 1. The van der Waals surface area contributed by atoms with Crippen molar-refractivity contribution >= 4 is 22.1 Å². The lowest BCUT2D eigenvalue weighted by Gasteiger charge is -2.02. The van der Waals surface area contributed by atoms with Crippen molar-refractivity contribution < 1.29 is 13.2 Å². The molecule has 3 N–H and O–H groups in total. The van der Waals surface area contributed by atoms with Crippen molar-refractivity contribution in [3.8, 4) is 0 Å². The lowest BCUT2D eigenvalue weighted by Crippen LogP contribution is -2.21. The Morgan fingerprint density at radius 2 is 1.94 bits per heavy atom. The fourth-order valence-corrected chi connectivity index (χ4v) is 1.72. The van der Waals surface area contributed by atoms with E-state index in [1.165, 1.54) is 12.1 Å². The second-order valence-corrected chi connectivity index (χ2v) is 4.73. The molecule has 0 unspecified atom stereocenters. The highest BCUT2D eigenvalue weighted by molar-refractivity contribution is 7.89. The maximum atomic E-state index is 11.5. The number of aryl methyl sites for hydroxylation is 1. The number of nitrogens with one attached hydrogen (secondary N) is 1. The normalized spacial score (nSPS) is 11.6. The van der Waals surface area contributed by atoms with Crippen LogP contribution in [0.15, 0.2) is 34.3 Å². The van der Waals surface area contributed by atoms with Gasteiger partial charge < -0.3 is 5.73 Å². The Kier molecular flexibility index (Phi) is 3.62. The van der Waals surface area contributed by atoms with E-state index >= 15 is 0 Å². The van der Waals surface area contributed by atoms with Gasteiger partial charge in [-0.05, 0) is 19.1 Å². The van der Waals surface area contributed by atoms with Gasteiger partial charge in [0.2, 0.25) is 0 Å². The average molecular weight is 241 g/mol. The van der Waals surface area contributed by atoms with Crippen LogP contribution in [0.4, 0.5) is 0 Å². The van der Waals surface area contributed by atoms with Gasteiger partial charge in [0.25, 0.3) is 15.9 Å². The molecule has 0 aromatic heterocycles. The summed E-state index contributed by atoms with van der Waals surface area (Å²) in [5.41, 5.74) is 5.70. The predicted octanol–water partition coefficient (Wildman–Crippen LogP) is -0.256. The third kappa shape index (κ3) is 3.35. The van der Waals surface area contributed by atoms with Crippen LogP contribution < -0.4 is 10.6 Å². The van der Waals surface area contributed by atoms with Gasteiger partial charge in [0, 0.05) is 0 Å². The van der Waals surface area contributed by atoms with Gasteiger partial charge in [-0.2, -0.15) is 18.4 Å². The minimum Gasteiger partial charge on any atom is -0.365 e. The molecule has 0 atom stereocenters. The number of nitrogens with zero attached hydrogens (tertiary/aromatic N) is 1. The molecule has 0 bridgehead atoms. The molecular formula is C9H11N3O3S. The summed E-state index contributed by atoms with van der Waals surface area (Å²) in [6.07, 6.45) is 0.686. The predicted molar refractivity (Wildman–Crippen MR) is 59.2 cm³/mol. The summed E-state index contributed by atoms with van der Waals surface area (Å²) >= 11 is 0. The standard InChI is InChI=1S/C9H11N3O3S/c1-7-2-4-8(5-3-7)16(14,15)12-11-6-9(10)13/h2-6,12H,1H3,(H2,10,13). The molecule has 0 aliphatic carbocycles. The third-order valence-electron chi connectivity index (χ3n) is 1.70. The molecule has 1 rings (SSSR count). The summed E-state index contributed by atoms with van der Waals surface area (Å²) in [5.74, 6) is -0.827. The average Bonchev–Trinajstić information content (AvgIpc) is 2.17. The number of amides is 1. The van der Waals surface area contributed by atoms with E-state index in [2.05, 4.69) is 5.10 Å². The first-order valence-electron chi connectivity index (χ1n) is 4.33. The summed E-state index contributed by atoms with van der Waals surface area (Å²) in [6, 6.07) is 6.20. The van der Waals surface area contributed by atoms with Crippen LogP contribution in [0.25, 0.3) is 0 Å². The molecule has 0 fully saturated rings. The zero-order valence-electron chi connectivity index (χ0n) is 8.54. The molecule has 16 heavy (non-hydrogen) atoms. The second kappa shape index (κ2) is 4.75. The van der Waals surface area contributed by atoms with E-state index in [9.17, 15) is 13.2 Å². The fourth-order valence-electron chi connectivity index (χ4n) is 0.929. The molecule has 0 heterocycles. The Morgan fingerprint density at radius 3 is 2.44 bits per heavy atom. The summed E-state index contributed by atoms with van der Waals surface area (Å²) in [7, 11) is -3.73. The van der Waals surface area contributed by atoms with E-state index in [-0.39, 0.29) is 4.90 Å². The lowest BCUT2D eigenvalue weighted by atomic mass is 10.2. The Morgan fingerprint density at radius 1 is 1.38 bits per heavy atom. The van der Waals surface area contributed by atoms with Crippen molar-refractivity contribution in [3.63, 3.8) is 0 Å². The smallest absolute Gasteiger partial charge is 0.276 e. The maximum Gasteiger partial charge on any atom is 0.276 e. The highest BCUT2D eigenvalue weighted by atomic mass is 32.2. The third-order valence-corrected chi connectivity index (χ3v) is 2.93. The van der Waals surface area contributed by atoms with Crippen molar-refractivity contribution in [3.05, 3.63) is 29.8 Å². The van der Waals surface area contributed by atoms with Gasteiger partial charge in [-0.3, -0.25) is 4.79 Å². The van der Waals surface area contributed by atoms with Crippen LogP contribution in [0.2, 0.25) is 0 Å². The number of carbonyl (C=O) groups is 1. The second-order valence-electron chi connectivity index (χ2n) is 3.07. The molecule has 7 heteroatoms. The first-order chi connectivity index (χ1) is 7.42. The van der Waals surface area contributed by atoms with Crippen LogP contribution in [0.3, 0.4) is 0 Å². The summed E-state index contributed by atoms with van der Waals surface area (Å²) in [6.45, 7) is 1.84. The number of nitrogens with two attached hydrogens (primary N) is 1. The summed E-state index contributed by atoms with van der Waals surface area (Å²) in [4.78, 5) is 12.2. The molecule has 1 aromatic carbocycles. The molecule has 86 valence electrons. The topological polar surface area (TPSA) is 102 Å². The van der Waals surface area contributed by atoms with Gasteiger partial charge in [-0.1, -0.05) is 17.7 Å². The monoisotopic (exact) mass is 241 g/mol. The highest BCUT2D eigenvalue weighted by Gasteiger charge is 2.11. The van der Waals surface area contributed by atoms with E-state index in [0.717, 1.165) is 5.56 Å². The van der Waals surface area contributed by atoms with Crippen molar-refractivity contribution in [2.24, 2.45) is 10.8 Å². The quantitative estimate of drug-likeness (QED) is 0.561. The van der Waals surface area contributed by atoms with Crippen LogP contribution in [-0.2, 0) is 14.8 Å². The van der Waals surface area contributed by atoms with Crippen LogP contribution in [0.5, 0.6) is 0 Å². The molecule has 0 spiro atoms. The minimum atomic E-state index is -3.73. The lowest BCUT2D eigenvalue weighted by molar-refractivity contribution is -0.111. The van der Waals surface area contributed by atoms with Crippen LogP contribution in [0.1, 0.15) is 5.56 Å². The fraction of sp³-hybridized carbons (Fsp3) is 0.111. The van der Waals surface area contributed by atoms with Gasteiger partial charge >= 0.3 is 0 Å². The van der Waals surface area contributed by atoms with E-state index < -0.39 is 15.9 Å². The molecule has 6 nitrogen and oxygen atoms in total. The summed E-state index contributed by atoms with van der Waals surface area (Å²) < 4.78 is 23.1. The van der Waals surface area contributed by atoms with Crippen molar-refractivity contribution in [1.29, 1.82) is 0 Å². The first-order valence-corrected chi connectivity index (χ1v) is 5.81.